The van der Waals surface area contributed by atoms with Crippen molar-refractivity contribution in [3.05, 3.63) is 86.1 Å². The van der Waals surface area contributed by atoms with E-state index in [0.29, 0.717) is 16.3 Å². The molecule has 6 nitrogen and oxygen atoms in total. The first kappa shape index (κ1) is 24.7. The van der Waals surface area contributed by atoms with Gasteiger partial charge in [-0.25, -0.2) is 4.98 Å². The number of aliphatic hydroxyl groups is 1. The van der Waals surface area contributed by atoms with Crippen molar-refractivity contribution in [2.24, 2.45) is 0 Å². The van der Waals surface area contributed by atoms with Crippen molar-refractivity contribution in [2.75, 3.05) is 22.9 Å². The number of Topliss-reactive ketones (excluding diaryl/α,β-unsaturated/α-hetero) is 1. The third-order valence-electron chi connectivity index (χ3n) is 6.67. The second-order valence-electron chi connectivity index (χ2n) is 8.85. The van der Waals surface area contributed by atoms with Crippen molar-refractivity contribution in [3.63, 3.8) is 0 Å². The number of ketones is 1. The van der Waals surface area contributed by atoms with Gasteiger partial charge in [0.25, 0.3) is 5.91 Å². The van der Waals surface area contributed by atoms with Gasteiger partial charge in [-0.05, 0) is 82.5 Å². The Hall–Kier alpha value is -3.45. The standard InChI is InChI=1S/C28H31N3O3S/c1-7-30(8-2)21-13-10-20(11-14-21)24-23(25(32)27-18(5)29-19(6)35-27)26(33)28(34)31(24)22-12-9-16(3)17(4)15-22/h9-15,24,33H,7-8H2,1-6H3. The fourth-order valence-electron chi connectivity index (χ4n) is 4.61. The molecule has 0 aliphatic carbocycles. The number of amides is 1. The zero-order valence-electron chi connectivity index (χ0n) is 21.0. The van der Waals surface area contributed by atoms with Crippen molar-refractivity contribution < 1.29 is 14.7 Å². The molecule has 3 aromatic rings. The maximum atomic E-state index is 13.8. The van der Waals surface area contributed by atoms with Crippen molar-refractivity contribution >= 4 is 34.4 Å². The lowest BCUT2D eigenvalue weighted by atomic mass is 9.94. The maximum absolute atomic E-state index is 13.8. The zero-order chi connectivity index (χ0) is 25.4. The van der Waals surface area contributed by atoms with E-state index >= 15 is 0 Å². The summed E-state index contributed by atoms with van der Waals surface area (Å²) >= 11 is 1.28. The molecular formula is C28H31N3O3S. The Morgan fingerprint density at radius 1 is 1.03 bits per heavy atom. The van der Waals surface area contributed by atoms with Crippen LogP contribution in [0.1, 0.15) is 57.0 Å². The van der Waals surface area contributed by atoms with Crippen LogP contribution in [0.5, 0.6) is 0 Å². The summed E-state index contributed by atoms with van der Waals surface area (Å²) in [5.74, 6) is -1.44. The summed E-state index contributed by atoms with van der Waals surface area (Å²) in [6.07, 6.45) is 0. The third-order valence-corrected chi connectivity index (χ3v) is 7.74. The Kier molecular flexibility index (Phi) is 6.81. The second-order valence-corrected chi connectivity index (χ2v) is 10.1. The number of carbonyl (C=O) groups excluding carboxylic acids is 2. The van der Waals surface area contributed by atoms with E-state index in [0.717, 1.165) is 40.5 Å². The van der Waals surface area contributed by atoms with Gasteiger partial charge in [-0.1, -0.05) is 18.2 Å². The lowest BCUT2D eigenvalue weighted by molar-refractivity contribution is -0.117. The lowest BCUT2D eigenvalue weighted by Gasteiger charge is -2.28. The molecule has 0 fully saturated rings. The summed E-state index contributed by atoms with van der Waals surface area (Å²) in [6, 6.07) is 12.9. The van der Waals surface area contributed by atoms with Gasteiger partial charge in [-0.3, -0.25) is 14.5 Å². The van der Waals surface area contributed by atoms with Gasteiger partial charge in [0.15, 0.2) is 5.76 Å². The molecule has 4 rings (SSSR count). The Bertz CT molecular complexity index is 1320. The highest BCUT2D eigenvalue weighted by atomic mass is 32.1. The van der Waals surface area contributed by atoms with E-state index in [1.807, 2.05) is 63.2 Å². The highest BCUT2D eigenvalue weighted by Gasteiger charge is 2.45. The number of rotatable bonds is 7. The minimum atomic E-state index is -0.746. The van der Waals surface area contributed by atoms with E-state index in [4.69, 9.17) is 0 Å². The predicted octanol–water partition coefficient (Wildman–Crippen LogP) is 6.01. The van der Waals surface area contributed by atoms with Crippen LogP contribution in [-0.4, -0.2) is 34.9 Å². The highest BCUT2D eigenvalue weighted by Crippen LogP contribution is 2.43. The number of benzene rings is 2. The average Bonchev–Trinajstić information content (AvgIpc) is 3.31. The molecule has 0 saturated carbocycles. The van der Waals surface area contributed by atoms with Crippen LogP contribution in [0.25, 0.3) is 0 Å². The summed E-state index contributed by atoms with van der Waals surface area (Å²) in [5.41, 5.74) is 5.29. The monoisotopic (exact) mass is 489 g/mol. The van der Waals surface area contributed by atoms with Crippen molar-refractivity contribution in [1.82, 2.24) is 4.98 Å². The first-order valence-electron chi connectivity index (χ1n) is 11.8. The number of aliphatic hydroxyl groups excluding tert-OH is 1. The van der Waals surface area contributed by atoms with Crippen LogP contribution in [-0.2, 0) is 4.79 Å². The number of aryl methyl sites for hydroxylation is 4. The number of anilines is 2. The molecule has 1 aliphatic heterocycles. The van der Waals surface area contributed by atoms with Gasteiger partial charge in [0, 0.05) is 24.5 Å². The molecule has 0 saturated heterocycles. The average molecular weight is 490 g/mol. The molecule has 0 radical (unpaired) electrons. The molecule has 2 aromatic carbocycles. The second kappa shape index (κ2) is 9.66. The molecule has 35 heavy (non-hydrogen) atoms. The molecule has 0 spiro atoms. The predicted molar refractivity (Wildman–Crippen MR) is 142 cm³/mol. The molecule has 7 heteroatoms. The summed E-state index contributed by atoms with van der Waals surface area (Å²) in [6.45, 7) is 13.6. The number of carbonyl (C=O) groups is 2. The topological polar surface area (TPSA) is 73.7 Å². The third kappa shape index (κ3) is 4.36. The van der Waals surface area contributed by atoms with Crippen LogP contribution in [0.3, 0.4) is 0 Å². The molecule has 1 aromatic heterocycles. The fraction of sp³-hybridized carbons (Fsp3) is 0.321. The van der Waals surface area contributed by atoms with Gasteiger partial charge < -0.3 is 10.0 Å². The molecule has 1 aliphatic rings. The number of hydrogen-bond donors (Lipinski definition) is 1. The van der Waals surface area contributed by atoms with E-state index in [1.165, 1.54) is 16.2 Å². The van der Waals surface area contributed by atoms with Gasteiger partial charge >= 0.3 is 0 Å². The zero-order valence-corrected chi connectivity index (χ0v) is 21.9. The molecular weight excluding hydrogens is 458 g/mol. The smallest absolute Gasteiger partial charge is 0.294 e. The molecule has 0 bridgehead atoms. The molecule has 182 valence electrons. The van der Waals surface area contributed by atoms with Gasteiger partial charge in [0.05, 0.1) is 27.2 Å². The van der Waals surface area contributed by atoms with Crippen LogP contribution in [0.15, 0.2) is 53.8 Å². The van der Waals surface area contributed by atoms with Gasteiger partial charge in [-0.15, -0.1) is 11.3 Å². The minimum Gasteiger partial charge on any atom is -0.503 e. The van der Waals surface area contributed by atoms with E-state index in [1.54, 1.807) is 6.92 Å². The Morgan fingerprint density at radius 2 is 1.69 bits per heavy atom. The van der Waals surface area contributed by atoms with Crippen LogP contribution >= 0.6 is 11.3 Å². The number of thiazole rings is 1. The van der Waals surface area contributed by atoms with Gasteiger partial charge in [-0.2, -0.15) is 0 Å². The minimum absolute atomic E-state index is 0.0931. The maximum Gasteiger partial charge on any atom is 0.294 e. The molecule has 1 unspecified atom stereocenters. The Labute approximate surface area is 210 Å². The number of nitrogens with zero attached hydrogens (tertiary/aromatic N) is 3. The van der Waals surface area contributed by atoms with Gasteiger partial charge in [0.1, 0.15) is 0 Å². The van der Waals surface area contributed by atoms with Crippen molar-refractivity contribution in [3.8, 4) is 0 Å². The van der Waals surface area contributed by atoms with Gasteiger partial charge in [0.2, 0.25) is 5.78 Å². The van der Waals surface area contributed by atoms with E-state index in [2.05, 4.69) is 23.7 Å². The summed E-state index contributed by atoms with van der Waals surface area (Å²) in [5, 5.41) is 11.8. The molecule has 1 N–H and O–H groups in total. The summed E-state index contributed by atoms with van der Waals surface area (Å²) in [4.78, 5) is 35.8. The van der Waals surface area contributed by atoms with Crippen molar-refractivity contribution in [2.45, 2.75) is 47.6 Å². The fourth-order valence-corrected chi connectivity index (χ4v) is 5.49. The van der Waals surface area contributed by atoms with E-state index in [9.17, 15) is 14.7 Å². The van der Waals surface area contributed by atoms with Crippen molar-refractivity contribution in [1.29, 1.82) is 0 Å². The van der Waals surface area contributed by atoms with Crippen LogP contribution < -0.4 is 9.80 Å². The first-order valence-corrected chi connectivity index (χ1v) is 12.7. The summed E-state index contributed by atoms with van der Waals surface area (Å²) < 4.78 is 0. The normalized spacial score (nSPS) is 15.8. The number of hydrogen-bond acceptors (Lipinski definition) is 6. The van der Waals surface area contributed by atoms with E-state index < -0.39 is 17.7 Å². The molecule has 1 amide bonds. The van der Waals surface area contributed by atoms with Crippen LogP contribution in [0.4, 0.5) is 11.4 Å². The number of aromatic nitrogens is 1. The molecule has 2 heterocycles. The largest absolute Gasteiger partial charge is 0.503 e. The Balaban J connectivity index is 1.87. The van der Waals surface area contributed by atoms with Crippen LogP contribution in [0.2, 0.25) is 0 Å². The van der Waals surface area contributed by atoms with E-state index in [-0.39, 0.29) is 11.4 Å². The van der Waals surface area contributed by atoms with Crippen LogP contribution in [0, 0.1) is 27.7 Å². The highest BCUT2D eigenvalue weighted by molar-refractivity contribution is 7.14. The lowest BCUT2D eigenvalue weighted by Crippen LogP contribution is -2.31. The summed E-state index contributed by atoms with van der Waals surface area (Å²) in [7, 11) is 0. The SMILES string of the molecule is CCN(CC)c1ccc(C2C(C(=O)c3sc(C)nc3C)=C(O)C(=O)N2c2ccc(C)c(C)c2)cc1. The quantitative estimate of drug-likeness (QED) is 0.412. The first-order chi connectivity index (χ1) is 16.7. The Morgan fingerprint density at radius 3 is 2.23 bits per heavy atom. The molecule has 1 atom stereocenters.